The Labute approximate surface area is 197 Å². The van der Waals surface area contributed by atoms with Gasteiger partial charge in [-0.3, -0.25) is 9.39 Å². The summed E-state index contributed by atoms with van der Waals surface area (Å²) in [5.41, 5.74) is 0.873. The molecular formula is C19H28IN9S. The summed E-state index contributed by atoms with van der Waals surface area (Å²) in [6.07, 6.45) is 3.63. The van der Waals surface area contributed by atoms with Gasteiger partial charge in [0, 0.05) is 69.8 Å². The maximum absolute atomic E-state index is 4.84. The van der Waals surface area contributed by atoms with Crippen LogP contribution in [0, 0.1) is 0 Å². The van der Waals surface area contributed by atoms with E-state index in [0.717, 1.165) is 74.0 Å². The highest BCUT2D eigenvalue weighted by Crippen LogP contribution is 2.19. The van der Waals surface area contributed by atoms with Crippen LogP contribution in [0.3, 0.4) is 0 Å². The van der Waals surface area contributed by atoms with Gasteiger partial charge < -0.3 is 15.1 Å². The van der Waals surface area contributed by atoms with Gasteiger partial charge in [0.25, 0.3) is 0 Å². The van der Waals surface area contributed by atoms with Crippen molar-refractivity contribution in [3.05, 3.63) is 36.0 Å². The Morgan fingerprint density at radius 1 is 1.17 bits per heavy atom. The minimum atomic E-state index is 0. The fourth-order valence-electron chi connectivity index (χ4n) is 3.38. The number of hydrogen-bond acceptors (Lipinski definition) is 7. The Balaban J connectivity index is 0.00000256. The van der Waals surface area contributed by atoms with Gasteiger partial charge in [-0.25, -0.2) is 4.98 Å². The lowest BCUT2D eigenvalue weighted by atomic mass is 10.3. The molecule has 0 radical (unpaired) electrons. The maximum Gasteiger partial charge on any atom is 0.205 e. The first-order valence-electron chi connectivity index (χ1n) is 10.2. The van der Waals surface area contributed by atoms with Crippen molar-refractivity contribution >= 4 is 52.2 Å². The van der Waals surface area contributed by atoms with Crippen LogP contribution in [0.5, 0.6) is 0 Å². The minimum absolute atomic E-state index is 0. The van der Waals surface area contributed by atoms with Gasteiger partial charge in [-0.15, -0.1) is 34.2 Å². The van der Waals surface area contributed by atoms with Crippen LogP contribution in [0.1, 0.15) is 25.5 Å². The minimum Gasteiger partial charge on any atom is -0.357 e. The van der Waals surface area contributed by atoms with E-state index in [9.17, 15) is 0 Å². The molecule has 1 aliphatic rings. The number of nitrogens with one attached hydrogen (secondary N) is 1. The van der Waals surface area contributed by atoms with E-state index in [1.54, 1.807) is 0 Å². The Morgan fingerprint density at radius 3 is 2.73 bits per heavy atom. The maximum atomic E-state index is 4.84. The number of pyridine rings is 1. The van der Waals surface area contributed by atoms with Crippen molar-refractivity contribution in [3.63, 3.8) is 0 Å². The van der Waals surface area contributed by atoms with Crippen molar-refractivity contribution in [1.29, 1.82) is 0 Å². The first kappa shape index (κ1) is 22.7. The molecule has 9 nitrogen and oxygen atoms in total. The average molecular weight is 541 g/mol. The van der Waals surface area contributed by atoms with E-state index in [1.165, 1.54) is 11.5 Å². The summed E-state index contributed by atoms with van der Waals surface area (Å²) in [5, 5.41) is 13.0. The molecular weight excluding hydrogens is 513 g/mol. The summed E-state index contributed by atoms with van der Waals surface area (Å²) in [7, 11) is 0. The molecule has 162 valence electrons. The first-order chi connectivity index (χ1) is 14.3. The van der Waals surface area contributed by atoms with Crippen LogP contribution in [-0.2, 0) is 12.8 Å². The van der Waals surface area contributed by atoms with Gasteiger partial charge >= 0.3 is 0 Å². The van der Waals surface area contributed by atoms with Crippen molar-refractivity contribution in [2.45, 2.75) is 26.7 Å². The highest BCUT2D eigenvalue weighted by molar-refractivity contribution is 14.0. The molecule has 0 amide bonds. The summed E-state index contributed by atoms with van der Waals surface area (Å²) in [6, 6.07) is 5.93. The highest BCUT2D eigenvalue weighted by Gasteiger charge is 2.22. The van der Waals surface area contributed by atoms with E-state index < -0.39 is 0 Å². The smallest absolute Gasteiger partial charge is 0.205 e. The molecule has 1 aliphatic heterocycles. The zero-order valence-electron chi connectivity index (χ0n) is 17.4. The fraction of sp³-hybridized carbons (Fsp3) is 0.526. The lowest BCUT2D eigenvalue weighted by Gasteiger charge is -2.36. The summed E-state index contributed by atoms with van der Waals surface area (Å²) in [6.45, 7) is 9.41. The molecule has 1 saturated heterocycles. The SMILES string of the molecule is CCNC(=NCCc1nnc2ccccn12)N1CCN(c2nc(CC)ns2)CC1.I. The van der Waals surface area contributed by atoms with Gasteiger partial charge in [-0.05, 0) is 19.1 Å². The van der Waals surface area contributed by atoms with Gasteiger partial charge in [-0.1, -0.05) is 13.0 Å². The van der Waals surface area contributed by atoms with Crippen LogP contribution in [0.25, 0.3) is 5.65 Å². The van der Waals surface area contributed by atoms with E-state index in [0.29, 0.717) is 6.54 Å². The number of guanidine groups is 1. The molecule has 4 heterocycles. The molecule has 1 N–H and O–H groups in total. The monoisotopic (exact) mass is 541 g/mol. The molecule has 3 aromatic heterocycles. The number of hydrogen-bond donors (Lipinski definition) is 1. The molecule has 0 atom stereocenters. The Kier molecular flexibility index (Phi) is 8.19. The molecule has 0 saturated carbocycles. The normalized spacial score (nSPS) is 14.8. The number of anilines is 1. The molecule has 0 aliphatic carbocycles. The van der Waals surface area contributed by atoms with Crippen LogP contribution < -0.4 is 10.2 Å². The lowest BCUT2D eigenvalue weighted by molar-refractivity contribution is 0.372. The number of aliphatic imine (C=N–C) groups is 1. The number of fused-ring (bicyclic) bond motifs is 1. The Bertz CT molecular complexity index is 962. The second kappa shape index (κ2) is 10.8. The van der Waals surface area contributed by atoms with Crippen molar-refractivity contribution in [3.8, 4) is 0 Å². The number of aryl methyl sites for hydroxylation is 1. The zero-order valence-corrected chi connectivity index (χ0v) is 20.5. The third-order valence-electron chi connectivity index (χ3n) is 4.94. The Morgan fingerprint density at radius 2 is 2.00 bits per heavy atom. The number of halogens is 1. The third kappa shape index (κ3) is 5.17. The predicted octanol–water partition coefficient (Wildman–Crippen LogP) is 2.09. The molecule has 0 bridgehead atoms. The van der Waals surface area contributed by atoms with Crippen LogP contribution in [0.2, 0.25) is 0 Å². The van der Waals surface area contributed by atoms with E-state index in [4.69, 9.17) is 4.99 Å². The summed E-state index contributed by atoms with van der Waals surface area (Å²) >= 11 is 1.50. The van der Waals surface area contributed by atoms with Crippen LogP contribution in [-0.4, -0.2) is 74.1 Å². The summed E-state index contributed by atoms with van der Waals surface area (Å²) < 4.78 is 6.43. The van der Waals surface area contributed by atoms with Gasteiger partial charge in [0.05, 0.1) is 0 Å². The standard InChI is InChI=1S/C19H27N9S.HI/c1-3-15-22-19(29-25-15)27-13-11-26(12-14-27)18(20-4-2)21-9-8-17-24-23-16-7-5-6-10-28(16)17;/h5-7,10H,3-4,8-9,11-14H2,1-2H3,(H,20,21);1H. The van der Waals surface area contributed by atoms with Crippen LogP contribution in [0.4, 0.5) is 5.13 Å². The number of nitrogens with zero attached hydrogens (tertiary/aromatic N) is 8. The van der Waals surface area contributed by atoms with Gasteiger partial charge in [-0.2, -0.15) is 4.37 Å². The van der Waals surface area contributed by atoms with Gasteiger partial charge in [0.1, 0.15) is 11.6 Å². The second-order valence-electron chi connectivity index (χ2n) is 6.85. The van der Waals surface area contributed by atoms with E-state index in [1.807, 2.05) is 28.8 Å². The molecule has 1 fully saturated rings. The second-order valence-corrected chi connectivity index (χ2v) is 7.58. The molecule has 0 spiro atoms. The molecule has 11 heteroatoms. The molecule has 0 unspecified atom stereocenters. The topological polar surface area (TPSA) is 86.8 Å². The predicted molar refractivity (Wildman–Crippen MR) is 131 cm³/mol. The van der Waals surface area contributed by atoms with Gasteiger partial charge in [0.15, 0.2) is 11.6 Å². The highest BCUT2D eigenvalue weighted by atomic mass is 127. The van der Waals surface area contributed by atoms with E-state index in [2.05, 4.69) is 48.5 Å². The van der Waals surface area contributed by atoms with Crippen LogP contribution in [0.15, 0.2) is 29.4 Å². The zero-order chi connectivity index (χ0) is 20.1. The fourth-order valence-corrected chi connectivity index (χ4v) is 4.18. The summed E-state index contributed by atoms with van der Waals surface area (Å²) in [4.78, 5) is 14.1. The number of piperazine rings is 1. The Hall–Kier alpha value is -2.02. The third-order valence-corrected chi connectivity index (χ3v) is 5.75. The number of rotatable bonds is 6. The average Bonchev–Trinajstić information content (AvgIpc) is 3.41. The van der Waals surface area contributed by atoms with Crippen molar-refractivity contribution in [2.75, 3.05) is 44.2 Å². The van der Waals surface area contributed by atoms with Crippen molar-refractivity contribution in [1.82, 2.24) is 34.2 Å². The molecule has 3 aromatic rings. The molecule has 0 aromatic carbocycles. The molecule has 30 heavy (non-hydrogen) atoms. The van der Waals surface area contributed by atoms with Crippen LogP contribution >= 0.6 is 35.5 Å². The van der Waals surface area contributed by atoms with Crippen molar-refractivity contribution in [2.24, 2.45) is 4.99 Å². The molecule has 4 rings (SSSR count). The van der Waals surface area contributed by atoms with Crippen molar-refractivity contribution < 1.29 is 0 Å². The van der Waals surface area contributed by atoms with Gasteiger partial charge in [0.2, 0.25) is 5.13 Å². The lowest BCUT2D eigenvalue weighted by Crippen LogP contribution is -2.52. The van der Waals surface area contributed by atoms with E-state index in [-0.39, 0.29) is 24.0 Å². The van der Waals surface area contributed by atoms with E-state index >= 15 is 0 Å². The first-order valence-corrected chi connectivity index (χ1v) is 10.9. The quantitative estimate of drug-likeness (QED) is 0.291. The number of aromatic nitrogens is 5. The summed E-state index contributed by atoms with van der Waals surface area (Å²) in [5.74, 6) is 2.84. The largest absolute Gasteiger partial charge is 0.357 e.